The van der Waals surface area contributed by atoms with Crippen molar-refractivity contribution in [2.75, 3.05) is 6.61 Å². The number of hydrogen-bond donors (Lipinski definition) is 1. The fourth-order valence-corrected chi connectivity index (χ4v) is 4.34. The van der Waals surface area contributed by atoms with Crippen molar-refractivity contribution in [1.82, 2.24) is 5.32 Å². The third-order valence-corrected chi connectivity index (χ3v) is 5.82. The van der Waals surface area contributed by atoms with E-state index in [0.717, 1.165) is 34.4 Å². The number of alkyl halides is 3. The molecule has 8 heteroatoms. The van der Waals surface area contributed by atoms with E-state index in [2.05, 4.69) is 5.32 Å². The smallest absolute Gasteiger partial charge is 0.416 e. The van der Waals surface area contributed by atoms with Gasteiger partial charge < -0.3 is 20.0 Å². The van der Waals surface area contributed by atoms with Crippen LogP contribution in [-0.4, -0.2) is 24.7 Å². The van der Waals surface area contributed by atoms with Crippen LogP contribution in [0.1, 0.15) is 34.6 Å². The summed E-state index contributed by atoms with van der Waals surface area (Å²) in [5.41, 5.74) is 3.55. The number of amides is 1. The van der Waals surface area contributed by atoms with E-state index in [1.165, 1.54) is 12.1 Å². The lowest BCUT2D eigenvalue weighted by Crippen LogP contribution is -2.41. The number of carbonyl (C=O) groups is 2. The molecule has 0 heterocycles. The molecule has 0 spiro atoms. The Morgan fingerprint density at radius 2 is 1.56 bits per heavy atom. The number of carboxylic acids is 1. The van der Waals surface area contributed by atoms with Crippen LogP contribution in [0.4, 0.5) is 18.0 Å². The summed E-state index contributed by atoms with van der Waals surface area (Å²) in [5, 5.41) is 13.6. The zero-order chi connectivity index (χ0) is 24.3. The molecule has 0 fully saturated rings. The van der Waals surface area contributed by atoms with Crippen LogP contribution >= 0.6 is 0 Å². The van der Waals surface area contributed by atoms with Gasteiger partial charge in [-0.1, -0.05) is 66.7 Å². The van der Waals surface area contributed by atoms with Crippen molar-refractivity contribution in [3.63, 3.8) is 0 Å². The number of ether oxygens (including phenoxy) is 1. The number of rotatable bonds is 7. The highest BCUT2D eigenvalue weighted by atomic mass is 19.4. The molecular formula is C26H21F3NO4-. The van der Waals surface area contributed by atoms with Crippen molar-refractivity contribution < 1.29 is 32.6 Å². The average Bonchev–Trinajstić information content (AvgIpc) is 3.11. The highest BCUT2D eigenvalue weighted by Crippen LogP contribution is 2.44. The molecule has 176 valence electrons. The molecule has 1 amide bonds. The second-order valence-corrected chi connectivity index (χ2v) is 8.15. The number of fused-ring (bicyclic) bond motifs is 3. The van der Waals surface area contributed by atoms with Crippen LogP contribution < -0.4 is 10.4 Å². The molecule has 1 atom stereocenters. The van der Waals surface area contributed by atoms with Crippen LogP contribution in [0, 0.1) is 0 Å². The molecule has 0 saturated carbocycles. The molecule has 0 saturated heterocycles. The number of nitrogens with one attached hydrogen (secondary N) is 1. The topological polar surface area (TPSA) is 78.5 Å². The van der Waals surface area contributed by atoms with E-state index >= 15 is 0 Å². The zero-order valence-electron chi connectivity index (χ0n) is 18.0. The van der Waals surface area contributed by atoms with Gasteiger partial charge in [0.25, 0.3) is 0 Å². The molecule has 3 aromatic rings. The maximum absolute atomic E-state index is 13.0. The maximum Gasteiger partial charge on any atom is 0.416 e. The summed E-state index contributed by atoms with van der Waals surface area (Å²) in [6.07, 6.45) is -6.07. The third kappa shape index (κ3) is 5.22. The summed E-state index contributed by atoms with van der Waals surface area (Å²) in [6.45, 7) is 0.0292. The second kappa shape index (κ2) is 9.59. The lowest BCUT2D eigenvalue weighted by Gasteiger charge is -2.21. The summed E-state index contributed by atoms with van der Waals surface area (Å²) in [7, 11) is 0. The van der Waals surface area contributed by atoms with Gasteiger partial charge in [-0.2, -0.15) is 13.2 Å². The molecule has 0 aliphatic heterocycles. The molecule has 3 aromatic carbocycles. The minimum Gasteiger partial charge on any atom is -0.550 e. The Balaban J connectivity index is 1.44. The first-order valence-corrected chi connectivity index (χ1v) is 10.7. The maximum atomic E-state index is 13.0. The monoisotopic (exact) mass is 468 g/mol. The van der Waals surface area contributed by atoms with Gasteiger partial charge in [-0.15, -0.1) is 0 Å². The Labute approximate surface area is 194 Å². The quantitative estimate of drug-likeness (QED) is 0.561. The number of aliphatic carboxylic acids is 1. The van der Waals surface area contributed by atoms with E-state index in [0.29, 0.717) is 0 Å². The summed E-state index contributed by atoms with van der Waals surface area (Å²) >= 11 is 0. The SMILES string of the molecule is O=C([O-])C[C@H](Cc1cccc(C(F)(F)F)c1)NC(=O)OCC1c2ccccc2-c2ccccc21. The molecule has 0 bridgehead atoms. The fraction of sp³-hybridized carbons (Fsp3) is 0.231. The molecule has 1 aliphatic rings. The van der Waals surface area contributed by atoms with Gasteiger partial charge >= 0.3 is 12.3 Å². The summed E-state index contributed by atoms with van der Waals surface area (Å²) in [4.78, 5) is 23.7. The summed E-state index contributed by atoms with van der Waals surface area (Å²) in [5.74, 6) is -1.61. The fourth-order valence-electron chi connectivity index (χ4n) is 4.34. The zero-order valence-corrected chi connectivity index (χ0v) is 18.0. The second-order valence-electron chi connectivity index (χ2n) is 8.15. The van der Waals surface area contributed by atoms with Gasteiger partial charge in [-0.05, 0) is 40.3 Å². The van der Waals surface area contributed by atoms with Crippen LogP contribution in [0.25, 0.3) is 11.1 Å². The average molecular weight is 468 g/mol. The Morgan fingerprint density at radius 1 is 0.941 bits per heavy atom. The Bertz CT molecular complexity index is 1160. The normalized spacial score (nSPS) is 13.6. The lowest BCUT2D eigenvalue weighted by molar-refractivity contribution is -0.306. The minimum absolute atomic E-state index is 0.0292. The van der Waals surface area contributed by atoms with E-state index in [4.69, 9.17) is 4.74 Å². The van der Waals surface area contributed by atoms with Crippen molar-refractivity contribution in [2.45, 2.75) is 31.0 Å². The summed E-state index contributed by atoms with van der Waals surface area (Å²) < 4.78 is 44.4. The largest absolute Gasteiger partial charge is 0.550 e. The van der Waals surface area contributed by atoms with Crippen LogP contribution in [0.3, 0.4) is 0 Å². The van der Waals surface area contributed by atoms with E-state index < -0.39 is 36.3 Å². The van der Waals surface area contributed by atoms with E-state index in [9.17, 15) is 27.9 Å². The molecule has 5 nitrogen and oxygen atoms in total. The van der Waals surface area contributed by atoms with Crippen LogP contribution in [-0.2, 0) is 22.1 Å². The van der Waals surface area contributed by atoms with Gasteiger partial charge in [0.1, 0.15) is 6.61 Å². The van der Waals surface area contributed by atoms with Gasteiger partial charge in [-0.3, -0.25) is 0 Å². The Morgan fingerprint density at radius 3 is 2.15 bits per heavy atom. The standard InChI is InChI=1S/C26H22F3NO4/c27-26(28,29)17-7-5-6-16(12-17)13-18(14-24(31)32)30-25(33)34-15-23-21-10-3-1-8-19(21)20-9-2-4-11-22(20)23/h1-12,18,23H,13-15H2,(H,30,33)(H,31,32)/p-1/t18-/m0/s1. The predicted octanol–water partition coefficient (Wildman–Crippen LogP) is 4.30. The van der Waals surface area contributed by atoms with Crippen molar-refractivity contribution in [2.24, 2.45) is 0 Å². The third-order valence-electron chi connectivity index (χ3n) is 5.82. The first kappa shape index (κ1) is 23.4. The Kier molecular flexibility index (Phi) is 6.58. The van der Waals surface area contributed by atoms with Crippen molar-refractivity contribution in [3.05, 3.63) is 95.1 Å². The van der Waals surface area contributed by atoms with Crippen LogP contribution in [0.2, 0.25) is 0 Å². The molecule has 34 heavy (non-hydrogen) atoms. The number of hydrogen-bond acceptors (Lipinski definition) is 4. The van der Waals surface area contributed by atoms with Crippen molar-refractivity contribution in [3.8, 4) is 11.1 Å². The molecule has 4 rings (SSSR count). The molecule has 0 aromatic heterocycles. The molecule has 1 N–H and O–H groups in total. The number of alkyl carbamates (subject to hydrolysis) is 1. The molecule has 0 unspecified atom stereocenters. The minimum atomic E-state index is -4.53. The van der Waals surface area contributed by atoms with Gasteiger partial charge in [0.2, 0.25) is 0 Å². The number of halogens is 3. The molecular weight excluding hydrogens is 447 g/mol. The first-order chi connectivity index (χ1) is 16.2. The van der Waals surface area contributed by atoms with Gasteiger partial charge in [0.05, 0.1) is 5.56 Å². The molecule has 1 aliphatic carbocycles. The van der Waals surface area contributed by atoms with Crippen LogP contribution in [0.15, 0.2) is 72.8 Å². The highest BCUT2D eigenvalue weighted by Gasteiger charge is 2.31. The number of benzene rings is 3. The van der Waals surface area contributed by atoms with Gasteiger partial charge in [0, 0.05) is 24.3 Å². The van der Waals surface area contributed by atoms with Crippen LogP contribution in [0.5, 0.6) is 0 Å². The first-order valence-electron chi connectivity index (χ1n) is 10.7. The van der Waals surface area contributed by atoms with Crippen molar-refractivity contribution >= 4 is 12.1 Å². The van der Waals surface area contributed by atoms with Gasteiger partial charge in [-0.25, -0.2) is 4.79 Å². The van der Waals surface area contributed by atoms with E-state index in [1.807, 2.05) is 48.5 Å². The van der Waals surface area contributed by atoms with Crippen molar-refractivity contribution in [1.29, 1.82) is 0 Å². The van der Waals surface area contributed by atoms with E-state index in [-0.39, 0.29) is 24.5 Å². The number of carboxylic acid groups (broad SMARTS) is 1. The Hall–Kier alpha value is -3.81. The van der Waals surface area contributed by atoms with E-state index in [1.54, 1.807) is 0 Å². The summed E-state index contributed by atoms with van der Waals surface area (Å²) in [6, 6.07) is 19.2. The molecule has 0 radical (unpaired) electrons. The van der Waals surface area contributed by atoms with Gasteiger partial charge in [0.15, 0.2) is 0 Å². The lowest BCUT2D eigenvalue weighted by atomic mass is 9.98. The highest BCUT2D eigenvalue weighted by molar-refractivity contribution is 5.79. The number of carbonyl (C=O) groups excluding carboxylic acids is 2. The predicted molar refractivity (Wildman–Crippen MR) is 117 cm³/mol.